The smallest absolute Gasteiger partial charge is 0.167 e. The summed E-state index contributed by atoms with van der Waals surface area (Å²) in [4.78, 5) is 11.3. The molecule has 0 bridgehead atoms. The molecule has 0 fully saturated rings. The van der Waals surface area contributed by atoms with Crippen LogP contribution in [-0.4, -0.2) is 16.0 Å². The Bertz CT molecular complexity index is 394. The lowest BCUT2D eigenvalue weighted by molar-refractivity contribution is 0.0992. The van der Waals surface area contributed by atoms with Crippen LogP contribution in [0.15, 0.2) is 6.07 Å². The number of phenols is 2. The monoisotopic (exact) mass is 178 g/mol. The predicted molar refractivity (Wildman–Crippen MR) is 47.2 cm³/mol. The van der Waals surface area contributed by atoms with Crippen LogP contribution in [0, 0.1) is 6.92 Å². The minimum Gasteiger partial charge on any atom is -0.507 e. The molecule has 1 aromatic rings. The molecule has 68 valence electrons. The molecule has 0 aliphatic heterocycles. The van der Waals surface area contributed by atoms with Crippen molar-refractivity contribution in [1.29, 1.82) is 0 Å². The molecule has 0 saturated carbocycles. The van der Waals surface area contributed by atoms with Crippen molar-refractivity contribution in [3.63, 3.8) is 0 Å². The standard InChI is InChI=1S/C10H10O3/c1-5-4-8(12)9-6(10(5)13)2-3-7(9)11/h4,12-13H,2-3H2,1H3. The topological polar surface area (TPSA) is 57.5 Å². The normalized spacial score (nSPS) is 14.7. The maximum Gasteiger partial charge on any atom is 0.167 e. The molecule has 0 spiro atoms. The molecule has 3 nitrogen and oxygen atoms in total. The highest BCUT2D eigenvalue weighted by atomic mass is 16.3. The SMILES string of the molecule is Cc1cc(O)c2c(c1O)CCC2=O. The minimum absolute atomic E-state index is 0.00667. The maximum atomic E-state index is 11.3. The number of aromatic hydroxyl groups is 2. The van der Waals surface area contributed by atoms with Gasteiger partial charge in [-0.3, -0.25) is 4.79 Å². The van der Waals surface area contributed by atoms with Gasteiger partial charge in [0.1, 0.15) is 11.5 Å². The van der Waals surface area contributed by atoms with Crippen molar-refractivity contribution in [2.75, 3.05) is 0 Å². The molecule has 0 atom stereocenters. The number of benzene rings is 1. The van der Waals surface area contributed by atoms with Gasteiger partial charge in [-0.1, -0.05) is 0 Å². The lowest BCUT2D eigenvalue weighted by atomic mass is 10.0. The van der Waals surface area contributed by atoms with Crippen LogP contribution >= 0.6 is 0 Å². The van der Waals surface area contributed by atoms with Crippen molar-refractivity contribution in [2.45, 2.75) is 19.8 Å². The fourth-order valence-corrected chi connectivity index (χ4v) is 1.77. The van der Waals surface area contributed by atoms with Crippen LogP contribution in [-0.2, 0) is 6.42 Å². The second-order valence-electron chi connectivity index (χ2n) is 3.34. The molecule has 1 aliphatic carbocycles. The second-order valence-corrected chi connectivity index (χ2v) is 3.34. The molecule has 0 unspecified atom stereocenters. The quantitative estimate of drug-likeness (QED) is 0.592. The van der Waals surface area contributed by atoms with Gasteiger partial charge in [0.05, 0.1) is 5.56 Å². The van der Waals surface area contributed by atoms with E-state index < -0.39 is 0 Å². The van der Waals surface area contributed by atoms with E-state index in [9.17, 15) is 15.0 Å². The van der Waals surface area contributed by atoms with Crippen LogP contribution in [0.5, 0.6) is 11.5 Å². The molecular formula is C10H10O3. The molecule has 0 aromatic heterocycles. The highest BCUT2D eigenvalue weighted by molar-refractivity contribution is 6.03. The van der Waals surface area contributed by atoms with Gasteiger partial charge >= 0.3 is 0 Å². The van der Waals surface area contributed by atoms with E-state index in [1.807, 2.05) is 0 Å². The largest absolute Gasteiger partial charge is 0.507 e. The van der Waals surface area contributed by atoms with E-state index in [0.717, 1.165) is 0 Å². The molecule has 2 rings (SSSR count). The van der Waals surface area contributed by atoms with Crippen molar-refractivity contribution < 1.29 is 15.0 Å². The fourth-order valence-electron chi connectivity index (χ4n) is 1.77. The zero-order valence-corrected chi connectivity index (χ0v) is 7.29. The summed E-state index contributed by atoms with van der Waals surface area (Å²) in [5, 5.41) is 19.1. The number of ketones is 1. The van der Waals surface area contributed by atoms with Crippen LogP contribution < -0.4 is 0 Å². The zero-order valence-electron chi connectivity index (χ0n) is 7.29. The lowest BCUT2D eigenvalue weighted by Crippen LogP contribution is -1.93. The van der Waals surface area contributed by atoms with E-state index in [-0.39, 0.29) is 17.3 Å². The van der Waals surface area contributed by atoms with Crippen molar-refractivity contribution in [1.82, 2.24) is 0 Å². The first kappa shape index (κ1) is 8.10. The summed E-state index contributed by atoms with van der Waals surface area (Å²) in [6, 6.07) is 1.43. The first-order valence-corrected chi connectivity index (χ1v) is 4.19. The summed E-state index contributed by atoms with van der Waals surface area (Å²) in [7, 11) is 0. The summed E-state index contributed by atoms with van der Waals surface area (Å²) in [6.45, 7) is 1.71. The highest BCUT2D eigenvalue weighted by Crippen LogP contribution is 2.38. The summed E-state index contributed by atoms with van der Waals surface area (Å²) in [5.74, 6) is 0.0641. The Labute approximate surface area is 75.6 Å². The van der Waals surface area contributed by atoms with E-state index >= 15 is 0 Å². The van der Waals surface area contributed by atoms with Crippen molar-refractivity contribution in [3.05, 3.63) is 22.8 Å². The molecule has 0 saturated heterocycles. The number of hydrogen-bond donors (Lipinski definition) is 2. The Balaban J connectivity index is 2.76. The third kappa shape index (κ3) is 1.00. The summed E-state index contributed by atoms with van der Waals surface area (Å²) in [6.07, 6.45) is 0.926. The van der Waals surface area contributed by atoms with Gasteiger partial charge in [0.2, 0.25) is 0 Å². The van der Waals surface area contributed by atoms with Crippen LogP contribution in [0.2, 0.25) is 0 Å². The average Bonchev–Trinajstić information content (AvgIpc) is 2.44. The Morgan fingerprint density at radius 1 is 1.31 bits per heavy atom. The van der Waals surface area contributed by atoms with Crippen LogP contribution in [0.25, 0.3) is 0 Å². The van der Waals surface area contributed by atoms with E-state index in [2.05, 4.69) is 0 Å². The number of Topliss-reactive ketones (excluding diaryl/α,β-unsaturated/α-hetero) is 1. The third-order valence-electron chi connectivity index (χ3n) is 2.45. The second kappa shape index (κ2) is 2.49. The number of aryl methyl sites for hydroxylation is 1. The Morgan fingerprint density at radius 3 is 2.69 bits per heavy atom. The Morgan fingerprint density at radius 2 is 2.00 bits per heavy atom. The number of hydrogen-bond acceptors (Lipinski definition) is 3. The first-order valence-electron chi connectivity index (χ1n) is 4.19. The van der Waals surface area contributed by atoms with Crippen LogP contribution in [0.1, 0.15) is 27.9 Å². The molecule has 1 aliphatic rings. The minimum atomic E-state index is -0.0807. The molecule has 0 radical (unpaired) electrons. The number of carbonyl (C=O) groups excluding carboxylic acids is 1. The van der Waals surface area contributed by atoms with E-state index in [0.29, 0.717) is 29.5 Å². The van der Waals surface area contributed by atoms with Gasteiger partial charge in [0.25, 0.3) is 0 Å². The van der Waals surface area contributed by atoms with Gasteiger partial charge in [-0.25, -0.2) is 0 Å². The van der Waals surface area contributed by atoms with E-state index in [1.165, 1.54) is 6.07 Å². The molecular weight excluding hydrogens is 168 g/mol. The fraction of sp³-hybridized carbons (Fsp3) is 0.300. The van der Waals surface area contributed by atoms with Crippen molar-refractivity contribution in [3.8, 4) is 11.5 Å². The van der Waals surface area contributed by atoms with Gasteiger partial charge in [-0.15, -0.1) is 0 Å². The van der Waals surface area contributed by atoms with Crippen molar-refractivity contribution in [2.24, 2.45) is 0 Å². The third-order valence-corrected chi connectivity index (χ3v) is 2.45. The Hall–Kier alpha value is -1.51. The molecule has 2 N–H and O–H groups in total. The van der Waals surface area contributed by atoms with E-state index in [4.69, 9.17) is 0 Å². The first-order chi connectivity index (χ1) is 6.11. The average molecular weight is 178 g/mol. The van der Waals surface area contributed by atoms with Crippen LogP contribution in [0.4, 0.5) is 0 Å². The van der Waals surface area contributed by atoms with E-state index in [1.54, 1.807) is 6.92 Å². The Kier molecular flexibility index (Phi) is 1.55. The summed E-state index contributed by atoms with van der Waals surface area (Å²) < 4.78 is 0. The lowest BCUT2D eigenvalue weighted by Gasteiger charge is -2.06. The number of rotatable bonds is 0. The number of carbonyl (C=O) groups is 1. The number of phenolic OH excluding ortho intramolecular Hbond substituents is 2. The van der Waals surface area contributed by atoms with Gasteiger partial charge in [0.15, 0.2) is 5.78 Å². The van der Waals surface area contributed by atoms with Gasteiger partial charge in [-0.2, -0.15) is 0 Å². The zero-order chi connectivity index (χ0) is 9.59. The molecule has 1 aromatic carbocycles. The summed E-state index contributed by atoms with van der Waals surface area (Å²) in [5.41, 5.74) is 1.52. The molecule has 13 heavy (non-hydrogen) atoms. The molecule has 0 amide bonds. The predicted octanol–water partition coefficient (Wildman–Crippen LogP) is 1.54. The van der Waals surface area contributed by atoms with Gasteiger partial charge < -0.3 is 10.2 Å². The maximum absolute atomic E-state index is 11.3. The highest BCUT2D eigenvalue weighted by Gasteiger charge is 2.26. The van der Waals surface area contributed by atoms with Gasteiger partial charge in [0, 0.05) is 12.0 Å². The van der Waals surface area contributed by atoms with Crippen molar-refractivity contribution >= 4 is 5.78 Å². The summed E-state index contributed by atoms with van der Waals surface area (Å²) >= 11 is 0. The van der Waals surface area contributed by atoms with Gasteiger partial charge in [-0.05, 0) is 25.0 Å². The van der Waals surface area contributed by atoms with Crippen LogP contribution in [0.3, 0.4) is 0 Å². The number of fused-ring (bicyclic) bond motifs is 1. The molecule has 3 heteroatoms. The molecule has 0 heterocycles.